The summed E-state index contributed by atoms with van der Waals surface area (Å²) in [5.74, 6) is 0. The van der Waals surface area contributed by atoms with E-state index in [9.17, 15) is 9.90 Å². The first-order valence-corrected chi connectivity index (χ1v) is 8.04. The third kappa shape index (κ3) is 4.24. The molecule has 0 fully saturated rings. The Hall–Kier alpha value is -3.12. The van der Waals surface area contributed by atoms with Crippen molar-refractivity contribution >= 4 is 6.03 Å². The lowest BCUT2D eigenvalue weighted by Gasteiger charge is -2.18. The number of rotatable bonds is 6. The number of benzene rings is 2. The minimum Gasteiger partial charge on any atom is -0.394 e. The van der Waals surface area contributed by atoms with E-state index in [1.807, 2.05) is 65.4 Å². The van der Waals surface area contributed by atoms with E-state index in [1.54, 1.807) is 12.5 Å². The smallest absolute Gasteiger partial charge is 0.315 e. The number of urea groups is 1. The molecule has 0 bridgehead atoms. The number of para-hydroxylation sites is 1. The van der Waals surface area contributed by atoms with Gasteiger partial charge in [0, 0.05) is 18.9 Å². The highest BCUT2D eigenvalue weighted by Crippen LogP contribution is 2.14. The van der Waals surface area contributed by atoms with E-state index in [4.69, 9.17) is 0 Å². The van der Waals surface area contributed by atoms with Gasteiger partial charge in [-0.15, -0.1) is 0 Å². The molecule has 128 valence electrons. The molecule has 3 N–H and O–H groups in total. The predicted octanol–water partition coefficient (Wildman–Crippen LogP) is 2.41. The van der Waals surface area contributed by atoms with Gasteiger partial charge in [-0.25, -0.2) is 9.78 Å². The molecule has 0 saturated carbocycles. The van der Waals surface area contributed by atoms with E-state index in [0.717, 1.165) is 16.8 Å². The summed E-state index contributed by atoms with van der Waals surface area (Å²) in [7, 11) is 0. The maximum absolute atomic E-state index is 12.2. The molecule has 25 heavy (non-hydrogen) atoms. The molecule has 2 aromatic carbocycles. The van der Waals surface area contributed by atoms with Crippen LogP contribution in [0.1, 0.15) is 17.2 Å². The molecule has 1 aromatic heterocycles. The van der Waals surface area contributed by atoms with Crippen LogP contribution in [0, 0.1) is 0 Å². The highest BCUT2D eigenvalue weighted by Gasteiger charge is 2.13. The summed E-state index contributed by atoms with van der Waals surface area (Å²) in [6.07, 6.45) is 5.29. The number of imidazole rings is 1. The molecule has 3 aromatic rings. The molecule has 3 rings (SSSR count). The number of hydrogen-bond acceptors (Lipinski definition) is 3. The Morgan fingerprint density at radius 2 is 1.88 bits per heavy atom. The fourth-order valence-electron chi connectivity index (χ4n) is 2.62. The summed E-state index contributed by atoms with van der Waals surface area (Å²) in [6, 6.07) is 16.4. The van der Waals surface area contributed by atoms with Gasteiger partial charge in [0.05, 0.1) is 24.7 Å². The van der Waals surface area contributed by atoms with E-state index in [-0.39, 0.29) is 12.6 Å². The van der Waals surface area contributed by atoms with Crippen molar-refractivity contribution in [3.63, 3.8) is 0 Å². The van der Waals surface area contributed by atoms with E-state index in [2.05, 4.69) is 15.6 Å². The Morgan fingerprint density at radius 1 is 1.12 bits per heavy atom. The molecular formula is C19H20N4O2. The van der Waals surface area contributed by atoms with Crippen molar-refractivity contribution in [3.05, 3.63) is 84.4 Å². The summed E-state index contributed by atoms with van der Waals surface area (Å²) < 4.78 is 1.90. The van der Waals surface area contributed by atoms with Crippen LogP contribution >= 0.6 is 0 Å². The molecule has 0 saturated heterocycles. The molecule has 1 heterocycles. The molecule has 1 atom stereocenters. The average molecular weight is 336 g/mol. The number of aliphatic hydroxyl groups is 1. The monoisotopic (exact) mass is 336 g/mol. The van der Waals surface area contributed by atoms with Gasteiger partial charge in [-0.05, 0) is 17.2 Å². The second kappa shape index (κ2) is 8.12. The first-order chi connectivity index (χ1) is 12.3. The first kappa shape index (κ1) is 16.7. The lowest BCUT2D eigenvalue weighted by atomic mass is 10.1. The number of nitrogens with zero attached hydrogens (tertiary/aromatic N) is 2. The minimum atomic E-state index is -0.440. The van der Waals surface area contributed by atoms with Crippen LogP contribution in [0.15, 0.2) is 73.3 Å². The van der Waals surface area contributed by atoms with Gasteiger partial charge in [0.1, 0.15) is 0 Å². The van der Waals surface area contributed by atoms with Gasteiger partial charge < -0.3 is 20.3 Å². The highest BCUT2D eigenvalue weighted by atomic mass is 16.3. The van der Waals surface area contributed by atoms with Crippen LogP contribution in [-0.2, 0) is 6.54 Å². The van der Waals surface area contributed by atoms with E-state index in [1.165, 1.54) is 0 Å². The number of hydrogen-bond donors (Lipinski definition) is 3. The molecule has 2 amide bonds. The zero-order valence-corrected chi connectivity index (χ0v) is 13.7. The maximum Gasteiger partial charge on any atom is 0.315 e. The Balaban J connectivity index is 1.63. The van der Waals surface area contributed by atoms with Crippen molar-refractivity contribution < 1.29 is 9.90 Å². The average Bonchev–Trinajstić information content (AvgIpc) is 3.20. The van der Waals surface area contributed by atoms with Crippen molar-refractivity contribution in [1.29, 1.82) is 0 Å². The Bertz CT molecular complexity index is 803. The SMILES string of the molecule is O=C(NCc1ccccc1-n1ccnc1)N[C@H](CO)c1ccccc1. The quantitative estimate of drug-likeness (QED) is 0.647. The van der Waals surface area contributed by atoms with E-state index >= 15 is 0 Å². The van der Waals surface area contributed by atoms with Crippen LogP contribution in [0.5, 0.6) is 0 Å². The maximum atomic E-state index is 12.2. The largest absolute Gasteiger partial charge is 0.394 e. The van der Waals surface area contributed by atoms with Gasteiger partial charge in [-0.2, -0.15) is 0 Å². The van der Waals surface area contributed by atoms with E-state index < -0.39 is 6.04 Å². The Morgan fingerprint density at radius 3 is 2.60 bits per heavy atom. The number of carbonyl (C=O) groups is 1. The summed E-state index contributed by atoms with van der Waals surface area (Å²) in [6.45, 7) is 0.205. The second-order valence-electron chi connectivity index (χ2n) is 5.57. The number of aromatic nitrogens is 2. The van der Waals surface area contributed by atoms with E-state index in [0.29, 0.717) is 6.54 Å². The standard InChI is InChI=1S/C19H20N4O2/c24-13-17(15-6-2-1-3-7-15)22-19(25)21-12-16-8-4-5-9-18(16)23-11-10-20-14-23/h1-11,14,17,24H,12-13H2,(H2,21,22,25)/t17-/m1/s1. The predicted molar refractivity (Wildman–Crippen MR) is 95.2 cm³/mol. The highest BCUT2D eigenvalue weighted by molar-refractivity contribution is 5.74. The van der Waals surface area contributed by atoms with Crippen molar-refractivity contribution in [3.8, 4) is 5.69 Å². The number of aliphatic hydroxyl groups excluding tert-OH is 1. The van der Waals surface area contributed by atoms with Crippen LogP contribution < -0.4 is 10.6 Å². The van der Waals surface area contributed by atoms with Gasteiger partial charge in [-0.3, -0.25) is 0 Å². The van der Waals surface area contributed by atoms with Gasteiger partial charge in [0.2, 0.25) is 0 Å². The first-order valence-electron chi connectivity index (χ1n) is 8.04. The normalized spacial score (nSPS) is 11.7. The van der Waals surface area contributed by atoms with Gasteiger partial charge >= 0.3 is 6.03 Å². The summed E-state index contributed by atoms with van der Waals surface area (Å²) in [4.78, 5) is 16.3. The Labute approximate surface area is 146 Å². The van der Waals surface area contributed by atoms with Crippen LogP contribution in [-0.4, -0.2) is 27.3 Å². The molecular weight excluding hydrogens is 316 g/mol. The fraction of sp³-hybridized carbons (Fsp3) is 0.158. The lowest BCUT2D eigenvalue weighted by molar-refractivity contribution is 0.216. The Kier molecular flexibility index (Phi) is 5.43. The lowest BCUT2D eigenvalue weighted by Crippen LogP contribution is -2.39. The summed E-state index contributed by atoms with van der Waals surface area (Å²) >= 11 is 0. The van der Waals surface area contributed by atoms with Gasteiger partial charge in [-0.1, -0.05) is 48.5 Å². The molecule has 0 spiro atoms. The van der Waals surface area contributed by atoms with Gasteiger partial charge in [0.15, 0.2) is 0 Å². The molecule has 0 aliphatic carbocycles. The van der Waals surface area contributed by atoms with Crippen molar-refractivity contribution in [2.24, 2.45) is 0 Å². The third-order valence-corrected chi connectivity index (χ3v) is 3.90. The minimum absolute atomic E-state index is 0.164. The number of carbonyl (C=O) groups excluding carboxylic acids is 1. The van der Waals surface area contributed by atoms with Crippen molar-refractivity contribution in [1.82, 2.24) is 20.2 Å². The number of nitrogens with one attached hydrogen (secondary N) is 2. The second-order valence-corrected chi connectivity index (χ2v) is 5.57. The third-order valence-electron chi connectivity index (χ3n) is 3.90. The fourth-order valence-corrected chi connectivity index (χ4v) is 2.62. The zero-order chi connectivity index (χ0) is 17.5. The molecule has 6 heteroatoms. The molecule has 0 unspecified atom stereocenters. The van der Waals surface area contributed by atoms with Crippen LogP contribution in [0.3, 0.4) is 0 Å². The topological polar surface area (TPSA) is 79.2 Å². The molecule has 0 aliphatic rings. The van der Waals surface area contributed by atoms with Crippen molar-refractivity contribution in [2.75, 3.05) is 6.61 Å². The van der Waals surface area contributed by atoms with Gasteiger partial charge in [0.25, 0.3) is 0 Å². The molecule has 6 nitrogen and oxygen atoms in total. The zero-order valence-electron chi connectivity index (χ0n) is 13.7. The summed E-state index contributed by atoms with van der Waals surface area (Å²) in [5, 5.41) is 15.2. The van der Waals surface area contributed by atoms with Crippen LogP contribution in [0.25, 0.3) is 5.69 Å². The summed E-state index contributed by atoms with van der Waals surface area (Å²) in [5.41, 5.74) is 2.79. The van der Waals surface area contributed by atoms with Crippen molar-refractivity contribution in [2.45, 2.75) is 12.6 Å². The van der Waals surface area contributed by atoms with Crippen LogP contribution in [0.4, 0.5) is 4.79 Å². The molecule has 0 radical (unpaired) electrons. The molecule has 0 aliphatic heterocycles. The van der Waals surface area contributed by atoms with Crippen LogP contribution in [0.2, 0.25) is 0 Å². The number of amides is 2.